The molecule has 23 heavy (non-hydrogen) atoms. The summed E-state index contributed by atoms with van der Waals surface area (Å²) in [5, 5.41) is 9.18. The zero-order chi connectivity index (χ0) is 15.5. The summed E-state index contributed by atoms with van der Waals surface area (Å²) < 4.78 is 0. The van der Waals surface area contributed by atoms with E-state index in [1.165, 1.54) is 29.6 Å². The van der Waals surface area contributed by atoms with Crippen LogP contribution in [0.3, 0.4) is 0 Å². The minimum atomic E-state index is -0.129. The van der Waals surface area contributed by atoms with Gasteiger partial charge in [-0.1, -0.05) is 17.4 Å². The predicted molar refractivity (Wildman–Crippen MR) is 100 cm³/mol. The van der Waals surface area contributed by atoms with E-state index in [9.17, 15) is 4.79 Å². The van der Waals surface area contributed by atoms with Crippen molar-refractivity contribution in [2.45, 2.75) is 13.8 Å². The average Bonchev–Trinajstić information content (AvgIpc) is 3.06. The number of halogens is 1. The lowest BCUT2D eigenvalue weighted by Crippen LogP contribution is -2.04. The number of thiazole rings is 2. The molecule has 0 atom stereocenters. The van der Waals surface area contributed by atoms with Crippen LogP contribution in [0, 0.1) is 6.92 Å². The van der Waals surface area contributed by atoms with Gasteiger partial charge in [-0.3, -0.25) is 4.79 Å². The van der Waals surface area contributed by atoms with Crippen molar-refractivity contribution in [1.29, 1.82) is 0 Å². The van der Waals surface area contributed by atoms with E-state index in [0.29, 0.717) is 5.13 Å². The fourth-order valence-corrected chi connectivity index (χ4v) is 3.58. The number of carbonyl (C=O) groups excluding carboxylic acids is 1. The van der Waals surface area contributed by atoms with E-state index in [-0.39, 0.29) is 22.9 Å². The number of pyridine rings is 1. The lowest BCUT2D eigenvalue weighted by Gasteiger charge is -1.99. The molecule has 3 rings (SSSR count). The molecule has 1 amide bonds. The Morgan fingerprint density at radius 3 is 2.74 bits per heavy atom. The lowest BCUT2D eigenvalue weighted by molar-refractivity contribution is -0.114. The summed E-state index contributed by atoms with van der Waals surface area (Å²) in [7, 11) is 0. The summed E-state index contributed by atoms with van der Waals surface area (Å²) in [4.78, 5) is 25.2. The molecule has 120 valence electrons. The second-order valence-electron chi connectivity index (χ2n) is 4.49. The molecule has 3 aromatic heterocycles. The van der Waals surface area contributed by atoms with Crippen LogP contribution < -0.4 is 10.6 Å². The first-order chi connectivity index (χ1) is 10.6. The van der Waals surface area contributed by atoms with Gasteiger partial charge >= 0.3 is 0 Å². The highest BCUT2D eigenvalue weighted by atomic mass is 79.9. The van der Waals surface area contributed by atoms with Crippen LogP contribution >= 0.6 is 39.7 Å². The minimum absolute atomic E-state index is 0. The van der Waals surface area contributed by atoms with Crippen molar-refractivity contribution in [2.75, 3.05) is 10.6 Å². The molecule has 0 fully saturated rings. The number of anilines is 3. The number of nitrogens with zero attached hydrogens (tertiary/aromatic N) is 3. The second-order valence-corrected chi connectivity index (χ2v) is 6.35. The van der Waals surface area contributed by atoms with Crippen molar-refractivity contribution >= 4 is 61.6 Å². The largest absolute Gasteiger partial charge is 0.316 e. The number of hydrogen-bond acceptors (Lipinski definition) is 7. The maximum absolute atomic E-state index is 11.1. The van der Waals surface area contributed by atoms with Crippen LogP contribution in [0.4, 0.5) is 16.1 Å². The molecule has 0 aliphatic heterocycles. The maximum atomic E-state index is 11.1. The highest BCUT2D eigenvalue weighted by Crippen LogP contribution is 2.34. The van der Waals surface area contributed by atoms with E-state index < -0.39 is 0 Å². The topological polar surface area (TPSA) is 79.8 Å². The Hall–Kier alpha value is -1.84. The third kappa shape index (κ3) is 4.34. The van der Waals surface area contributed by atoms with Crippen LogP contribution in [0.25, 0.3) is 10.6 Å². The molecule has 3 aromatic rings. The SMILES string of the molecule is Br.CC(=O)Nc1nc(C)c(-c2csc(Nc3ccccn3)n2)s1. The van der Waals surface area contributed by atoms with Crippen LogP contribution in [0.2, 0.25) is 0 Å². The van der Waals surface area contributed by atoms with Gasteiger partial charge in [0, 0.05) is 18.5 Å². The molecular formula is C14H14BrN5OS2. The number of aromatic nitrogens is 3. The van der Waals surface area contributed by atoms with Crippen LogP contribution in [0.1, 0.15) is 12.6 Å². The fraction of sp³-hybridized carbons (Fsp3) is 0.143. The van der Waals surface area contributed by atoms with Crippen LogP contribution in [0.15, 0.2) is 29.8 Å². The molecule has 0 radical (unpaired) electrons. The predicted octanol–water partition coefficient (Wildman–Crippen LogP) is 4.25. The van der Waals surface area contributed by atoms with Crippen LogP contribution in [-0.2, 0) is 4.79 Å². The summed E-state index contributed by atoms with van der Waals surface area (Å²) in [6.07, 6.45) is 1.73. The van der Waals surface area contributed by atoms with Crippen molar-refractivity contribution in [3.63, 3.8) is 0 Å². The molecule has 3 heterocycles. The first-order valence-electron chi connectivity index (χ1n) is 6.51. The Bertz CT molecular complexity index is 803. The van der Waals surface area contributed by atoms with E-state index in [1.807, 2.05) is 30.5 Å². The van der Waals surface area contributed by atoms with Gasteiger partial charge < -0.3 is 10.6 Å². The van der Waals surface area contributed by atoms with Gasteiger partial charge in [0.25, 0.3) is 0 Å². The first kappa shape index (κ1) is 17.5. The number of carbonyl (C=O) groups is 1. The van der Waals surface area contributed by atoms with Gasteiger partial charge in [0.2, 0.25) is 5.91 Å². The normalized spacial score (nSPS) is 10.0. The van der Waals surface area contributed by atoms with Gasteiger partial charge in [-0.25, -0.2) is 15.0 Å². The van der Waals surface area contributed by atoms with Crippen LogP contribution in [-0.4, -0.2) is 20.9 Å². The number of amides is 1. The monoisotopic (exact) mass is 411 g/mol. The molecule has 0 aromatic carbocycles. The molecule has 0 unspecified atom stereocenters. The molecule has 0 aliphatic carbocycles. The van der Waals surface area contributed by atoms with Crippen molar-refractivity contribution in [2.24, 2.45) is 0 Å². The first-order valence-corrected chi connectivity index (χ1v) is 8.20. The van der Waals surface area contributed by atoms with Gasteiger partial charge in [0.1, 0.15) is 5.82 Å². The highest BCUT2D eigenvalue weighted by Gasteiger charge is 2.14. The third-order valence-corrected chi connectivity index (χ3v) is 4.57. The Morgan fingerprint density at radius 2 is 2.04 bits per heavy atom. The third-order valence-electron chi connectivity index (χ3n) is 2.72. The summed E-state index contributed by atoms with van der Waals surface area (Å²) in [5.41, 5.74) is 1.69. The minimum Gasteiger partial charge on any atom is -0.316 e. The Kier molecular flexibility index (Phi) is 5.80. The Labute approximate surface area is 151 Å². The number of aryl methyl sites for hydroxylation is 1. The lowest BCUT2D eigenvalue weighted by atomic mass is 10.3. The van der Waals surface area contributed by atoms with Gasteiger partial charge in [0.15, 0.2) is 10.3 Å². The summed E-state index contributed by atoms with van der Waals surface area (Å²) in [5.74, 6) is 0.624. The van der Waals surface area contributed by atoms with Crippen LogP contribution in [0.5, 0.6) is 0 Å². The molecule has 0 spiro atoms. The number of nitrogens with one attached hydrogen (secondary N) is 2. The van der Waals surface area contributed by atoms with E-state index in [1.54, 1.807) is 6.20 Å². The molecule has 0 aliphatic rings. The standard InChI is InChI=1S/C14H13N5OS2.BrH/c1-8-12(22-14(16-8)17-9(2)20)10-7-21-13(18-10)19-11-5-3-4-6-15-11;/h3-7H,1-2H3,(H,15,18,19)(H,16,17,20);1H. The zero-order valence-corrected chi connectivity index (χ0v) is 15.7. The van der Waals surface area contributed by atoms with E-state index in [2.05, 4.69) is 25.6 Å². The molecule has 2 N–H and O–H groups in total. The van der Waals surface area contributed by atoms with Gasteiger partial charge in [0.05, 0.1) is 16.3 Å². The van der Waals surface area contributed by atoms with Gasteiger partial charge in [-0.15, -0.1) is 28.3 Å². The van der Waals surface area contributed by atoms with Crippen molar-refractivity contribution in [3.8, 4) is 10.6 Å². The molecule has 0 saturated heterocycles. The van der Waals surface area contributed by atoms with Crippen molar-refractivity contribution in [1.82, 2.24) is 15.0 Å². The molecule has 6 nitrogen and oxygen atoms in total. The van der Waals surface area contributed by atoms with E-state index in [0.717, 1.165) is 27.2 Å². The number of rotatable bonds is 4. The quantitative estimate of drug-likeness (QED) is 0.670. The molecular weight excluding hydrogens is 398 g/mol. The Morgan fingerprint density at radius 1 is 1.22 bits per heavy atom. The van der Waals surface area contributed by atoms with Crippen molar-refractivity contribution in [3.05, 3.63) is 35.5 Å². The smallest absolute Gasteiger partial charge is 0.223 e. The fourth-order valence-electron chi connectivity index (χ4n) is 1.82. The average molecular weight is 412 g/mol. The van der Waals surface area contributed by atoms with Crippen molar-refractivity contribution < 1.29 is 4.79 Å². The molecule has 0 bridgehead atoms. The Balaban J connectivity index is 0.00000192. The molecule has 0 saturated carbocycles. The summed E-state index contributed by atoms with van der Waals surface area (Å²) in [6, 6.07) is 5.66. The summed E-state index contributed by atoms with van der Waals surface area (Å²) in [6.45, 7) is 3.37. The van der Waals surface area contributed by atoms with E-state index in [4.69, 9.17) is 0 Å². The highest BCUT2D eigenvalue weighted by molar-refractivity contribution is 8.93. The van der Waals surface area contributed by atoms with E-state index >= 15 is 0 Å². The zero-order valence-electron chi connectivity index (χ0n) is 12.4. The maximum Gasteiger partial charge on any atom is 0.223 e. The van der Waals surface area contributed by atoms with Gasteiger partial charge in [-0.2, -0.15) is 0 Å². The summed E-state index contributed by atoms with van der Waals surface area (Å²) >= 11 is 2.92. The van der Waals surface area contributed by atoms with Gasteiger partial charge in [-0.05, 0) is 19.1 Å². The second kappa shape index (κ2) is 7.62. The number of hydrogen-bond donors (Lipinski definition) is 2. The molecule has 9 heteroatoms.